The van der Waals surface area contributed by atoms with E-state index in [0.29, 0.717) is 11.4 Å². The summed E-state index contributed by atoms with van der Waals surface area (Å²) >= 11 is 5.95. The fourth-order valence-corrected chi connectivity index (χ4v) is 4.57. The highest BCUT2D eigenvalue weighted by Gasteiger charge is 2.22. The Morgan fingerprint density at radius 2 is 1.70 bits per heavy atom. The lowest BCUT2D eigenvalue weighted by atomic mass is 10.2. The molecule has 0 N–H and O–H groups in total. The Labute approximate surface area is 199 Å². The van der Waals surface area contributed by atoms with Crippen LogP contribution < -0.4 is 0 Å². The van der Waals surface area contributed by atoms with Crippen molar-refractivity contribution in [2.24, 2.45) is 0 Å². The normalized spacial score (nSPS) is 15.8. The highest BCUT2D eigenvalue weighted by Crippen LogP contribution is 2.23. The van der Waals surface area contributed by atoms with Crippen LogP contribution >= 0.6 is 12.2 Å². The van der Waals surface area contributed by atoms with Gasteiger partial charge in [0.1, 0.15) is 0 Å². The molecular weight excluding hydrogens is 430 g/mol. The molecule has 0 aliphatic carbocycles. The van der Waals surface area contributed by atoms with E-state index >= 15 is 0 Å². The van der Waals surface area contributed by atoms with Crippen molar-refractivity contribution in [3.63, 3.8) is 0 Å². The van der Waals surface area contributed by atoms with Gasteiger partial charge in [-0.3, -0.25) is 14.5 Å². The first kappa shape index (κ1) is 21.7. The van der Waals surface area contributed by atoms with E-state index in [1.54, 1.807) is 12.4 Å². The van der Waals surface area contributed by atoms with Crippen molar-refractivity contribution < 1.29 is 4.74 Å². The first-order valence-corrected chi connectivity index (χ1v) is 11.7. The van der Waals surface area contributed by atoms with Gasteiger partial charge in [-0.25, -0.2) is 4.68 Å². The number of hydrogen-bond acceptors (Lipinski definition) is 5. The fraction of sp³-hybridized carbons (Fsp3) is 0.269. The standard InChI is InChI=1S/C26H27N5OS/c33-26-30(20-29(19-24-12-7-17-32-24)18-21-8-3-1-4-9-21)28-25(22-13-15-27-16-14-22)31(26)23-10-5-2-6-11-23/h1-6,8-11,13-16,24H,7,12,17-20H2/t24-/m0/s1. The predicted octanol–water partition coefficient (Wildman–Crippen LogP) is 5.10. The minimum atomic E-state index is 0.249. The lowest BCUT2D eigenvalue weighted by Gasteiger charge is -2.25. The number of para-hydroxylation sites is 1. The SMILES string of the molecule is S=c1n(CN(Cc2ccccc2)C[C@@H]2CCCO2)nc(-c2ccncc2)n1-c1ccccc1. The number of pyridine rings is 1. The maximum absolute atomic E-state index is 5.95. The van der Waals surface area contributed by atoms with Crippen LogP contribution in [0.4, 0.5) is 0 Å². The molecule has 1 atom stereocenters. The van der Waals surface area contributed by atoms with E-state index in [-0.39, 0.29) is 6.10 Å². The lowest BCUT2D eigenvalue weighted by Crippen LogP contribution is -2.34. The summed E-state index contributed by atoms with van der Waals surface area (Å²) in [6.45, 7) is 3.09. The second-order valence-electron chi connectivity index (χ2n) is 8.29. The predicted molar refractivity (Wildman–Crippen MR) is 131 cm³/mol. The van der Waals surface area contributed by atoms with Crippen LogP contribution in [0.3, 0.4) is 0 Å². The van der Waals surface area contributed by atoms with Gasteiger partial charge in [0, 0.05) is 43.3 Å². The zero-order chi connectivity index (χ0) is 22.5. The summed E-state index contributed by atoms with van der Waals surface area (Å²) in [6, 6.07) is 24.6. The van der Waals surface area contributed by atoms with Gasteiger partial charge in [-0.2, -0.15) is 0 Å². The zero-order valence-corrected chi connectivity index (χ0v) is 19.3. The molecule has 2 aromatic carbocycles. The van der Waals surface area contributed by atoms with Gasteiger partial charge < -0.3 is 4.74 Å². The summed E-state index contributed by atoms with van der Waals surface area (Å²) in [4.78, 5) is 6.54. The molecule has 0 saturated carbocycles. The largest absolute Gasteiger partial charge is 0.377 e. The fourth-order valence-electron chi connectivity index (χ4n) is 4.28. The molecule has 1 fully saturated rings. The van der Waals surface area contributed by atoms with Crippen LogP contribution in [-0.4, -0.2) is 43.5 Å². The van der Waals surface area contributed by atoms with Crippen LogP contribution in [0.25, 0.3) is 17.1 Å². The summed E-state index contributed by atoms with van der Waals surface area (Å²) in [5, 5.41) is 4.98. The zero-order valence-electron chi connectivity index (χ0n) is 18.5. The van der Waals surface area contributed by atoms with Gasteiger partial charge in [0.25, 0.3) is 0 Å². The van der Waals surface area contributed by atoms with Crippen molar-refractivity contribution in [3.05, 3.63) is 95.5 Å². The van der Waals surface area contributed by atoms with Crippen molar-refractivity contribution in [1.29, 1.82) is 0 Å². The molecule has 0 bridgehead atoms. The second-order valence-corrected chi connectivity index (χ2v) is 8.65. The van der Waals surface area contributed by atoms with Crippen LogP contribution in [0.15, 0.2) is 85.2 Å². The number of ether oxygens (including phenoxy) is 1. The third kappa shape index (κ3) is 5.11. The monoisotopic (exact) mass is 457 g/mol. The molecule has 3 heterocycles. The minimum absolute atomic E-state index is 0.249. The van der Waals surface area contributed by atoms with E-state index in [1.807, 2.05) is 45.6 Å². The van der Waals surface area contributed by atoms with E-state index in [2.05, 4.69) is 46.3 Å². The maximum Gasteiger partial charge on any atom is 0.204 e. The number of hydrogen-bond donors (Lipinski definition) is 0. The third-order valence-electron chi connectivity index (χ3n) is 5.86. The molecule has 0 amide bonds. The first-order chi connectivity index (χ1) is 16.3. The molecule has 0 radical (unpaired) electrons. The molecule has 5 rings (SSSR count). The van der Waals surface area contributed by atoms with Gasteiger partial charge in [-0.1, -0.05) is 48.5 Å². The number of rotatable bonds is 8. The van der Waals surface area contributed by atoms with Crippen molar-refractivity contribution in [2.75, 3.05) is 13.2 Å². The molecule has 7 heteroatoms. The van der Waals surface area contributed by atoms with E-state index in [0.717, 1.165) is 49.6 Å². The van der Waals surface area contributed by atoms with Gasteiger partial charge >= 0.3 is 0 Å². The molecule has 33 heavy (non-hydrogen) atoms. The summed E-state index contributed by atoms with van der Waals surface area (Å²) in [5.74, 6) is 0.811. The van der Waals surface area contributed by atoms with Gasteiger partial charge in [0.15, 0.2) is 5.82 Å². The Bertz CT molecular complexity index is 1220. The average molecular weight is 458 g/mol. The Hall–Kier alpha value is -3.13. The van der Waals surface area contributed by atoms with Gasteiger partial charge in [0.2, 0.25) is 4.77 Å². The Balaban J connectivity index is 1.51. The van der Waals surface area contributed by atoms with Crippen molar-refractivity contribution >= 4 is 12.2 Å². The topological polar surface area (TPSA) is 48.1 Å². The quantitative estimate of drug-likeness (QED) is 0.344. The van der Waals surface area contributed by atoms with Gasteiger partial charge in [-0.15, -0.1) is 5.10 Å². The molecule has 1 aliphatic rings. The highest BCUT2D eigenvalue weighted by atomic mass is 32.1. The maximum atomic E-state index is 5.95. The molecular formula is C26H27N5OS. The molecule has 2 aromatic heterocycles. The van der Waals surface area contributed by atoms with Crippen LogP contribution in [0.5, 0.6) is 0 Å². The van der Waals surface area contributed by atoms with E-state index < -0.39 is 0 Å². The van der Waals surface area contributed by atoms with Crippen LogP contribution in [0, 0.1) is 4.77 Å². The molecule has 0 spiro atoms. The van der Waals surface area contributed by atoms with E-state index in [9.17, 15) is 0 Å². The van der Waals surface area contributed by atoms with Crippen molar-refractivity contribution in [2.45, 2.75) is 32.2 Å². The van der Waals surface area contributed by atoms with E-state index in [4.69, 9.17) is 22.1 Å². The molecule has 1 saturated heterocycles. The number of nitrogens with zero attached hydrogens (tertiary/aromatic N) is 5. The summed E-state index contributed by atoms with van der Waals surface area (Å²) in [6.07, 6.45) is 6.03. The summed E-state index contributed by atoms with van der Waals surface area (Å²) < 4.78 is 10.6. The highest BCUT2D eigenvalue weighted by molar-refractivity contribution is 7.71. The molecule has 168 valence electrons. The first-order valence-electron chi connectivity index (χ1n) is 11.3. The van der Waals surface area contributed by atoms with Crippen LogP contribution in [-0.2, 0) is 18.0 Å². The van der Waals surface area contributed by atoms with Crippen LogP contribution in [0.2, 0.25) is 0 Å². The molecule has 1 aliphatic heterocycles. The Kier molecular flexibility index (Phi) is 6.71. The van der Waals surface area contributed by atoms with Gasteiger partial charge in [-0.05, 0) is 54.9 Å². The summed E-state index contributed by atoms with van der Waals surface area (Å²) in [5.41, 5.74) is 3.24. The Morgan fingerprint density at radius 3 is 2.39 bits per heavy atom. The van der Waals surface area contributed by atoms with Crippen LogP contribution in [0.1, 0.15) is 18.4 Å². The van der Waals surface area contributed by atoms with Crippen molar-refractivity contribution in [1.82, 2.24) is 24.2 Å². The average Bonchev–Trinajstić information content (AvgIpc) is 3.49. The minimum Gasteiger partial charge on any atom is -0.377 e. The molecule has 4 aromatic rings. The smallest absolute Gasteiger partial charge is 0.204 e. The molecule has 6 nitrogen and oxygen atoms in total. The summed E-state index contributed by atoms with van der Waals surface area (Å²) in [7, 11) is 0. The third-order valence-corrected chi connectivity index (χ3v) is 6.25. The lowest BCUT2D eigenvalue weighted by molar-refractivity contribution is 0.0567. The number of aromatic nitrogens is 4. The van der Waals surface area contributed by atoms with Crippen molar-refractivity contribution in [3.8, 4) is 17.1 Å². The Morgan fingerprint density at radius 1 is 0.970 bits per heavy atom. The molecule has 0 unspecified atom stereocenters. The number of benzene rings is 2. The second kappa shape index (κ2) is 10.2. The van der Waals surface area contributed by atoms with Gasteiger partial charge in [0.05, 0.1) is 12.8 Å². The van der Waals surface area contributed by atoms with E-state index in [1.165, 1.54) is 5.56 Å².